The Balaban J connectivity index is 2.78. The Kier molecular flexibility index (Phi) is 4.37. The molecule has 0 aliphatic rings. The maximum absolute atomic E-state index is 13.2. The van der Waals surface area contributed by atoms with Gasteiger partial charge in [0, 0.05) is 18.0 Å². The van der Waals surface area contributed by atoms with Crippen LogP contribution in [-0.4, -0.2) is 25.4 Å². The normalized spacial score (nSPS) is 9.80. The van der Waals surface area contributed by atoms with Gasteiger partial charge in [0.25, 0.3) is 5.91 Å². The molecule has 1 amide bonds. The SMILES string of the molecule is COc1ccc(C(=O)NCCCl)cc1F. The van der Waals surface area contributed by atoms with Gasteiger partial charge in [0.2, 0.25) is 0 Å². The zero-order valence-electron chi connectivity index (χ0n) is 8.22. The van der Waals surface area contributed by atoms with Gasteiger partial charge in [0.15, 0.2) is 11.6 Å². The van der Waals surface area contributed by atoms with Crippen LogP contribution in [0.25, 0.3) is 0 Å². The standard InChI is InChI=1S/C10H11ClFNO2/c1-15-9-3-2-7(6-8(9)12)10(14)13-5-4-11/h2-3,6H,4-5H2,1H3,(H,13,14). The number of carbonyl (C=O) groups excluding carboxylic acids is 1. The highest BCUT2D eigenvalue weighted by atomic mass is 35.5. The van der Waals surface area contributed by atoms with Gasteiger partial charge in [-0.3, -0.25) is 4.79 Å². The summed E-state index contributed by atoms with van der Waals surface area (Å²) < 4.78 is 17.9. The third-order valence-corrected chi connectivity index (χ3v) is 1.98. The predicted octanol–water partition coefficient (Wildman–Crippen LogP) is 1.80. The van der Waals surface area contributed by atoms with Crippen LogP contribution in [0, 0.1) is 5.82 Å². The highest BCUT2D eigenvalue weighted by Crippen LogP contribution is 2.17. The minimum atomic E-state index is -0.559. The number of ether oxygens (including phenoxy) is 1. The maximum Gasteiger partial charge on any atom is 0.251 e. The van der Waals surface area contributed by atoms with E-state index < -0.39 is 5.82 Å². The van der Waals surface area contributed by atoms with Crippen LogP contribution in [0.15, 0.2) is 18.2 Å². The van der Waals surface area contributed by atoms with Gasteiger partial charge in [-0.1, -0.05) is 0 Å². The van der Waals surface area contributed by atoms with Gasteiger partial charge in [-0.05, 0) is 18.2 Å². The Bertz CT molecular complexity index is 357. The zero-order valence-corrected chi connectivity index (χ0v) is 8.97. The molecule has 0 saturated heterocycles. The van der Waals surface area contributed by atoms with Gasteiger partial charge < -0.3 is 10.1 Å². The zero-order chi connectivity index (χ0) is 11.3. The Morgan fingerprint density at radius 3 is 2.87 bits per heavy atom. The molecule has 0 aromatic heterocycles. The van der Waals surface area contributed by atoms with Gasteiger partial charge >= 0.3 is 0 Å². The lowest BCUT2D eigenvalue weighted by atomic mass is 10.2. The van der Waals surface area contributed by atoms with E-state index in [4.69, 9.17) is 16.3 Å². The van der Waals surface area contributed by atoms with Crippen molar-refractivity contribution in [2.45, 2.75) is 0 Å². The molecule has 5 heteroatoms. The summed E-state index contributed by atoms with van der Waals surface area (Å²) >= 11 is 5.40. The van der Waals surface area contributed by atoms with Crippen molar-refractivity contribution >= 4 is 17.5 Å². The first-order valence-electron chi connectivity index (χ1n) is 4.36. The van der Waals surface area contributed by atoms with Crippen LogP contribution >= 0.6 is 11.6 Å². The third kappa shape index (κ3) is 3.09. The molecule has 1 aromatic rings. The van der Waals surface area contributed by atoms with Gasteiger partial charge in [-0.15, -0.1) is 11.6 Å². The van der Waals surface area contributed by atoms with Crippen molar-refractivity contribution in [2.24, 2.45) is 0 Å². The third-order valence-electron chi connectivity index (χ3n) is 1.79. The molecule has 0 bridgehead atoms. The minimum absolute atomic E-state index is 0.115. The van der Waals surface area contributed by atoms with Crippen molar-refractivity contribution < 1.29 is 13.9 Å². The second-order valence-electron chi connectivity index (χ2n) is 2.79. The average molecular weight is 232 g/mol. The molecule has 3 nitrogen and oxygen atoms in total. The number of hydrogen-bond acceptors (Lipinski definition) is 2. The lowest BCUT2D eigenvalue weighted by Gasteiger charge is -2.05. The number of rotatable bonds is 4. The molecule has 1 aromatic carbocycles. The summed E-state index contributed by atoms with van der Waals surface area (Å²) in [5.41, 5.74) is 0.249. The molecular formula is C10H11ClFNO2. The van der Waals surface area contributed by atoms with E-state index in [9.17, 15) is 9.18 Å². The molecule has 0 heterocycles. The van der Waals surface area contributed by atoms with Crippen LogP contribution in [0.1, 0.15) is 10.4 Å². The first-order valence-corrected chi connectivity index (χ1v) is 4.90. The van der Waals surface area contributed by atoms with Crippen molar-refractivity contribution in [3.05, 3.63) is 29.6 Å². The molecule has 0 saturated carbocycles. The number of nitrogens with one attached hydrogen (secondary N) is 1. The summed E-state index contributed by atoms with van der Waals surface area (Å²) in [6.45, 7) is 0.355. The van der Waals surface area contributed by atoms with Gasteiger partial charge in [0.1, 0.15) is 0 Å². The second-order valence-corrected chi connectivity index (χ2v) is 3.17. The summed E-state index contributed by atoms with van der Waals surface area (Å²) in [7, 11) is 1.37. The molecule has 82 valence electrons. The maximum atomic E-state index is 13.2. The van der Waals surface area contributed by atoms with E-state index in [2.05, 4.69) is 5.32 Å². The Hall–Kier alpha value is -1.29. The van der Waals surface area contributed by atoms with Crippen molar-refractivity contribution in [1.82, 2.24) is 5.32 Å². The van der Waals surface area contributed by atoms with Gasteiger partial charge in [0.05, 0.1) is 7.11 Å². The van der Waals surface area contributed by atoms with E-state index in [1.54, 1.807) is 0 Å². The van der Waals surface area contributed by atoms with Gasteiger partial charge in [-0.2, -0.15) is 0 Å². The summed E-state index contributed by atoms with van der Waals surface area (Å²) in [6, 6.07) is 4.03. The van der Waals surface area contributed by atoms with Crippen molar-refractivity contribution in [1.29, 1.82) is 0 Å². The molecular weight excluding hydrogens is 221 g/mol. The van der Waals surface area contributed by atoms with Crippen LogP contribution in [-0.2, 0) is 0 Å². The Labute approximate surface area is 92.2 Å². The number of benzene rings is 1. The van der Waals surface area contributed by atoms with Crippen molar-refractivity contribution in [2.75, 3.05) is 19.5 Å². The molecule has 0 atom stereocenters. The number of alkyl halides is 1. The summed E-state index contributed by atoms with van der Waals surface area (Å²) in [5.74, 6) is -0.471. The lowest BCUT2D eigenvalue weighted by molar-refractivity contribution is 0.0955. The fraction of sp³-hybridized carbons (Fsp3) is 0.300. The average Bonchev–Trinajstić information content (AvgIpc) is 2.25. The number of carbonyl (C=O) groups is 1. The van der Waals surface area contributed by atoms with Gasteiger partial charge in [-0.25, -0.2) is 4.39 Å². The molecule has 0 aliphatic heterocycles. The highest BCUT2D eigenvalue weighted by Gasteiger charge is 2.08. The number of halogens is 2. The molecule has 1 rings (SSSR count). The van der Waals surface area contributed by atoms with E-state index >= 15 is 0 Å². The topological polar surface area (TPSA) is 38.3 Å². The summed E-state index contributed by atoms with van der Waals surface area (Å²) in [4.78, 5) is 11.4. The quantitative estimate of drug-likeness (QED) is 0.803. The smallest absolute Gasteiger partial charge is 0.251 e. The minimum Gasteiger partial charge on any atom is -0.494 e. The van der Waals surface area contributed by atoms with E-state index in [0.717, 1.165) is 6.07 Å². The van der Waals surface area contributed by atoms with E-state index in [0.29, 0.717) is 12.4 Å². The van der Waals surface area contributed by atoms with Crippen LogP contribution < -0.4 is 10.1 Å². The molecule has 0 unspecified atom stereocenters. The number of hydrogen-bond donors (Lipinski definition) is 1. The Morgan fingerprint density at radius 1 is 1.60 bits per heavy atom. The first-order chi connectivity index (χ1) is 7.19. The second kappa shape index (κ2) is 5.56. The highest BCUT2D eigenvalue weighted by molar-refractivity contribution is 6.18. The molecule has 0 fully saturated rings. The van der Waals surface area contributed by atoms with Crippen molar-refractivity contribution in [3.8, 4) is 5.75 Å². The lowest BCUT2D eigenvalue weighted by Crippen LogP contribution is -2.25. The largest absolute Gasteiger partial charge is 0.494 e. The Morgan fingerprint density at radius 2 is 2.33 bits per heavy atom. The van der Waals surface area contributed by atoms with Crippen LogP contribution in [0.5, 0.6) is 5.75 Å². The fourth-order valence-electron chi connectivity index (χ4n) is 1.07. The van der Waals surface area contributed by atoms with E-state index in [1.807, 2.05) is 0 Å². The molecule has 0 aliphatic carbocycles. The van der Waals surface area contributed by atoms with E-state index in [1.165, 1.54) is 19.2 Å². The van der Waals surface area contributed by atoms with Crippen LogP contribution in [0.3, 0.4) is 0 Å². The van der Waals surface area contributed by atoms with Crippen LogP contribution in [0.4, 0.5) is 4.39 Å². The molecule has 0 radical (unpaired) electrons. The first kappa shape index (κ1) is 11.8. The number of amides is 1. The predicted molar refractivity (Wildman–Crippen MR) is 56.0 cm³/mol. The summed E-state index contributed by atoms with van der Waals surface area (Å²) in [5, 5.41) is 2.53. The monoisotopic (exact) mass is 231 g/mol. The molecule has 1 N–H and O–H groups in total. The van der Waals surface area contributed by atoms with Crippen LogP contribution in [0.2, 0.25) is 0 Å². The van der Waals surface area contributed by atoms with Crippen molar-refractivity contribution in [3.63, 3.8) is 0 Å². The number of methoxy groups -OCH3 is 1. The molecule has 15 heavy (non-hydrogen) atoms. The summed E-state index contributed by atoms with van der Waals surface area (Å²) in [6.07, 6.45) is 0. The molecule has 0 spiro atoms. The van der Waals surface area contributed by atoms with E-state index in [-0.39, 0.29) is 17.2 Å². The fourth-order valence-corrected chi connectivity index (χ4v) is 1.16.